The molecule has 0 radical (unpaired) electrons. The molecule has 0 unspecified atom stereocenters. The van der Waals surface area contributed by atoms with Crippen LogP contribution in [0.1, 0.15) is 105 Å². The van der Waals surface area contributed by atoms with Gasteiger partial charge in [0, 0.05) is 16.1 Å². The van der Waals surface area contributed by atoms with Gasteiger partial charge in [-0.3, -0.25) is 4.86 Å². The smallest absolute Gasteiger partial charge is 0.0294 e. The van der Waals surface area contributed by atoms with E-state index in [0.717, 1.165) is 0 Å². The summed E-state index contributed by atoms with van der Waals surface area (Å²) in [6.07, 6.45) is 0. The highest BCUT2D eigenvalue weighted by Crippen LogP contribution is 2.43. The largest absolute Gasteiger partial charge is 0.259 e. The predicted molar refractivity (Wildman–Crippen MR) is 196 cm³/mol. The van der Waals surface area contributed by atoms with Crippen LogP contribution in [0.15, 0.2) is 97.1 Å². The van der Waals surface area contributed by atoms with Gasteiger partial charge < -0.3 is 0 Å². The third-order valence-corrected chi connectivity index (χ3v) is 13.0. The summed E-state index contributed by atoms with van der Waals surface area (Å²) in [6.45, 7) is 27.5. The van der Waals surface area contributed by atoms with Crippen LogP contribution in [-0.4, -0.2) is 0 Å². The Balaban J connectivity index is 1.84. The first-order valence-electron chi connectivity index (χ1n) is 15.6. The standard InChI is InChI=1S/C40H53NP2/c1-37(2,3)29-13-21-33(22-14-29)42(34-23-15-30(16-24-34)38(4,5)6)41-43(35-25-17-31(18-26-35)39(7,8)9)36-27-19-32(20-28-36)40(10,11)12/h13-28,41H,1-12H3. The fourth-order valence-corrected chi connectivity index (χ4v) is 10.1. The Morgan fingerprint density at radius 1 is 0.302 bits per heavy atom. The Morgan fingerprint density at radius 2 is 0.465 bits per heavy atom. The van der Waals surface area contributed by atoms with Crippen LogP contribution in [-0.2, 0) is 21.7 Å². The summed E-state index contributed by atoms with van der Waals surface area (Å²) in [5.41, 5.74) is 5.97. The second-order valence-electron chi connectivity index (χ2n) is 16.0. The predicted octanol–water partition coefficient (Wildman–Crippen LogP) is 9.86. The van der Waals surface area contributed by atoms with E-state index in [9.17, 15) is 0 Å². The molecule has 0 aliphatic rings. The lowest BCUT2D eigenvalue weighted by Crippen LogP contribution is -2.28. The number of benzene rings is 4. The van der Waals surface area contributed by atoms with Crippen LogP contribution in [0.2, 0.25) is 0 Å². The molecule has 4 rings (SSSR count). The van der Waals surface area contributed by atoms with E-state index in [1.807, 2.05) is 0 Å². The van der Waals surface area contributed by atoms with Crippen LogP contribution >= 0.6 is 16.1 Å². The van der Waals surface area contributed by atoms with Crippen LogP contribution < -0.4 is 26.1 Å². The number of rotatable bonds is 6. The van der Waals surface area contributed by atoms with E-state index in [2.05, 4.69) is 185 Å². The number of hydrogen-bond acceptors (Lipinski definition) is 1. The van der Waals surface area contributed by atoms with Gasteiger partial charge in [0.05, 0.1) is 0 Å². The van der Waals surface area contributed by atoms with Gasteiger partial charge >= 0.3 is 0 Å². The summed E-state index contributed by atoms with van der Waals surface area (Å²) >= 11 is 0. The van der Waals surface area contributed by atoms with Crippen LogP contribution in [0.5, 0.6) is 0 Å². The van der Waals surface area contributed by atoms with E-state index >= 15 is 0 Å². The van der Waals surface area contributed by atoms with Crippen molar-refractivity contribution in [3.63, 3.8) is 0 Å². The second-order valence-corrected chi connectivity index (χ2v) is 20.2. The molecule has 0 aliphatic heterocycles. The minimum atomic E-state index is -0.816. The quantitative estimate of drug-likeness (QED) is 0.215. The molecule has 228 valence electrons. The van der Waals surface area contributed by atoms with Crippen molar-refractivity contribution >= 4 is 37.4 Å². The number of nitrogens with one attached hydrogen (secondary N) is 1. The van der Waals surface area contributed by atoms with Gasteiger partial charge in [-0.15, -0.1) is 0 Å². The summed E-state index contributed by atoms with van der Waals surface area (Å²) in [5.74, 6) is 0. The van der Waals surface area contributed by atoms with E-state index in [4.69, 9.17) is 0 Å². The van der Waals surface area contributed by atoms with Gasteiger partial charge in [0.2, 0.25) is 0 Å². The zero-order valence-corrected chi connectivity index (χ0v) is 30.4. The van der Waals surface area contributed by atoms with Crippen LogP contribution in [0.25, 0.3) is 0 Å². The minimum absolute atomic E-state index is 0.124. The van der Waals surface area contributed by atoms with E-state index in [-0.39, 0.29) is 21.7 Å². The van der Waals surface area contributed by atoms with Crippen molar-refractivity contribution < 1.29 is 0 Å². The van der Waals surface area contributed by atoms with Crippen molar-refractivity contribution in [1.29, 1.82) is 0 Å². The molecule has 0 heterocycles. The lowest BCUT2D eigenvalue weighted by atomic mass is 9.87. The molecule has 1 N–H and O–H groups in total. The lowest BCUT2D eigenvalue weighted by Gasteiger charge is -2.30. The molecule has 1 nitrogen and oxygen atoms in total. The van der Waals surface area contributed by atoms with Gasteiger partial charge in [0.25, 0.3) is 0 Å². The molecule has 0 spiro atoms. The summed E-state index contributed by atoms with van der Waals surface area (Å²) in [6, 6.07) is 37.5. The SMILES string of the molecule is CC(C)(C)c1ccc(P(NP(c2ccc(C(C)(C)C)cc2)c2ccc(C(C)(C)C)cc2)c2ccc(C(C)(C)C)cc2)cc1. The van der Waals surface area contributed by atoms with Gasteiger partial charge in [-0.25, -0.2) is 0 Å². The molecule has 0 fully saturated rings. The summed E-state index contributed by atoms with van der Waals surface area (Å²) in [4.78, 5) is 4.28. The highest BCUT2D eigenvalue weighted by molar-refractivity contribution is 7.85. The first-order chi connectivity index (χ1) is 19.8. The van der Waals surface area contributed by atoms with Crippen molar-refractivity contribution in [2.45, 2.75) is 105 Å². The van der Waals surface area contributed by atoms with Crippen molar-refractivity contribution in [2.24, 2.45) is 0 Å². The van der Waals surface area contributed by atoms with E-state index < -0.39 is 16.1 Å². The van der Waals surface area contributed by atoms with Crippen molar-refractivity contribution in [3.05, 3.63) is 119 Å². The van der Waals surface area contributed by atoms with Crippen LogP contribution in [0.4, 0.5) is 0 Å². The molecule has 0 atom stereocenters. The molecule has 0 saturated carbocycles. The van der Waals surface area contributed by atoms with Gasteiger partial charge in [0.1, 0.15) is 0 Å². The molecule has 0 amide bonds. The maximum absolute atomic E-state index is 4.28. The van der Waals surface area contributed by atoms with Crippen molar-refractivity contribution in [2.75, 3.05) is 0 Å². The fraction of sp³-hybridized carbons (Fsp3) is 0.400. The molecule has 4 aromatic rings. The lowest BCUT2D eigenvalue weighted by molar-refractivity contribution is 0.590. The minimum Gasteiger partial charge on any atom is -0.259 e. The Morgan fingerprint density at radius 3 is 0.605 bits per heavy atom. The van der Waals surface area contributed by atoms with E-state index in [1.54, 1.807) is 0 Å². The monoisotopic (exact) mass is 609 g/mol. The van der Waals surface area contributed by atoms with Crippen LogP contribution in [0, 0.1) is 0 Å². The Kier molecular flexibility index (Phi) is 9.84. The van der Waals surface area contributed by atoms with E-state index in [1.165, 1.54) is 43.5 Å². The summed E-state index contributed by atoms with van der Waals surface area (Å²) in [5, 5.41) is 5.43. The molecule has 0 bridgehead atoms. The normalized spacial score (nSPS) is 13.2. The molecule has 43 heavy (non-hydrogen) atoms. The molecule has 3 heteroatoms. The average molecular weight is 610 g/mol. The third-order valence-electron chi connectivity index (χ3n) is 8.17. The van der Waals surface area contributed by atoms with Gasteiger partial charge in [-0.2, -0.15) is 0 Å². The van der Waals surface area contributed by atoms with Gasteiger partial charge in [0.15, 0.2) is 0 Å². The highest BCUT2D eigenvalue weighted by atomic mass is 31.2. The first kappa shape index (κ1) is 33.6. The Bertz CT molecular complexity index is 1240. The Hall–Kier alpha value is -2.30. The van der Waals surface area contributed by atoms with Gasteiger partial charge in [-0.05, 0) is 65.1 Å². The number of hydrogen-bond donors (Lipinski definition) is 1. The maximum Gasteiger partial charge on any atom is 0.0294 e. The van der Waals surface area contributed by atoms with Gasteiger partial charge in [-0.1, -0.05) is 180 Å². The highest BCUT2D eigenvalue weighted by Gasteiger charge is 2.25. The third kappa shape index (κ3) is 8.45. The molecule has 4 aromatic carbocycles. The topological polar surface area (TPSA) is 12.0 Å². The zero-order chi connectivity index (χ0) is 31.8. The summed E-state index contributed by atoms with van der Waals surface area (Å²) < 4.78 is 0. The fourth-order valence-electron chi connectivity index (χ4n) is 5.07. The molecule has 0 aromatic heterocycles. The molecular formula is C40H53NP2. The molecular weight excluding hydrogens is 556 g/mol. The van der Waals surface area contributed by atoms with Crippen molar-refractivity contribution in [1.82, 2.24) is 4.86 Å². The molecule has 0 aliphatic carbocycles. The zero-order valence-electron chi connectivity index (χ0n) is 28.6. The second kappa shape index (κ2) is 12.6. The molecule has 0 saturated heterocycles. The van der Waals surface area contributed by atoms with Crippen LogP contribution in [0.3, 0.4) is 0 Å². The average Bonchev–Trinajstić information content (AvgIpc) is 2.92. The van der Waals surface area contributed by atoms with Crippen molar-refractivity contribution in [3.8, 4) is 0 Å². The first-order valence-corrected chi connectivity index (χ1v) is 18.3. The van der Waals surface area contributed by atoms with E-state index in [0.29, 0.717) is 0 Å². The summed E-state index contributed by atoms with van der Waals surface area (Å²) in [7, 11) is -1.63. The maximum atomic E-state index is 4.28. The Labute approximate surface area is 265 Å².